The fourth-order valence-electron chi connectivity index (χ4n) is 2.35. The van der Waals surface area contributed by atoms with Crippen LogP contribution >= 0.6 is 0 Å². The number of carboxylic acids is 1. The fourth-order valence-corrected chi connectivity index (χ4v) is 2.35. The molecule has 1 saturated heterocycles. The molecule has 2 rings (SSSR count). The molecule has 0 aromatic heterocycles. The Morgan fingerprint density at radius 1 is 1.33 bits per heavy atom. The molecule has 6 heteroatoms. The Bertz CT molecular complexity index is 481. The maximum absolute atomic E-state index is 11.9. The van der Waals surface area contributed by atoms with Crippen LogP contribution in [0, 0.1) is 5.92 Å². The van der Waals surface area contributed by atoms with Crippen molar-refractivity contribution in [2.24, 2.45) is 5.92 Å². The van der Waals surface area contributed by atoms with E-state index in [-0.39, 0.29) is 12.5 Å². The van der Waals surface area contributed by atoms with Gasteiger partial charge >= 0.3 is 5.97 Å². The summed E-state index contributed by atoms with van der Waals surface area (Å²) in [5.41, 5.74) is 0.687. The highest BCUT2D eigenvalue weighted by atomic mass is 16.5. The van der Waals surface area contributed by atoms with Crippen molar-refractivity contribution in [1.82, 2.24) is 5.32 Å². The van der Waals surface area contributed by atoms with Gasteiger partial charge in [0.25, 0.3) is 0 Å². The van der Waals surface area contributed by atoms with Crippen molar-refractivity contribution in [2.45, 2.75) is 19.3 Å². The number of carbonyl (C=O) groups excluding carboxylic acids is 1. The van der Waals surface area contributed by atoms with Gasteiger partial charge < -0.3 is 20.5 Å². The Labute approximate surface area is 123 Å². The fraction of sp³-hybridized carbons (Fsp3) is 0.467. The van der Waals surface area contributed by atoms with Gasteiger partial charge in [-0.15, -0.1) is 0 Å². The Morgan fingerprint density at radius 2 is 2.10 bits per heavy atom. The van der Waals surface area contributed by atoms with Crippen LogP contribution in [-0.2, 0) is 9.59 Å². The van der Waals surface area contributed by atoms with Crippen molar-refractivity contribution < 1.29 is 19.4 Å². The molecule has 6 nitrogen and oxygen atoms in total. The first-order valence-electron chi connectivity index (χ1n) is 7.08. The first-order valence-corrected chi connectivity index (χ1v) is 7.08. The zero-order valence-corrected chi connectivity index (χ0v) is 11.8. The van der Waals surface area contributed by atoms with Crippen LogP contribution in [0.5, 0.6) is 5.75 Å². The van der Waals surface area contributed by atoms with Crippen LogP contribution < -0.4 is 15.4 Å². The minimum Gasteiger partial charge on any atom is -0.482 e. The lowest BCUT2D eigenvalue weighted by atomic mass is 9.96. The van der Waals surface area contributed by atoms with Gasteiger partial charge in [0.05, 0.1) is 0 Å². The lowest BCUT2D eigenvalue weighted by Gasteiger charge is -2.22. The summed E-state index contributed by atoms with van der Waals surface area (Å²) in [5.74, 6) is -0.153. The van der Waals surface area contributed by atoms with Gasteiger partial charge in [-0.3, -0.25) is 4.79 Å². The molecule has 0 radical (unpaired) electrons. The number of amides is 1. The van der Waals surface area contributed by atoms with Crippen LogP contribution in [0.1, 0.15) is 19.3 Å². The highest BCUT2D eigenvalue weighted by molar-refractivity contribution is 5.90. The molecule has 1 aromatic rings. The topological polar surface area (TPSA) is 87.7 Å². The van der Waals surface area contributed by atoms with Gasteiger partial charge in [-0.1, -0.05) is 0 Å². The van der Waals surface area contributed by atoms with Crippen molar-refractivity contribution in [3.8, 4) is 5.75 Å². The summed E-state index contributed by atoms with van der Waals surface area (Å²) in [5, 5.41) is 14.6. The second-order valence-corrected chi connectivity index (χ2v) is 5.17. The summed E-state index contributed by atoms with van der Waals surface area (Å²) in [4.78, 5) is 22.3. The maximum Gasteiger partial charge on any atom is 0.341 e. The molecule has 0 bridgehead atoms. The third-order valence-electron chi connectivity index (χ3n) is 3.37. The molecule has 3 N–H and O–H groups in total. The van der Waals surface area contributed by atoms with Gasteiger partial charge in [0.1, 0.15) is 5.75 Å². The van der Waals surface area contributed by atoms with E-state index in [2.05, 4.69) is 10.6 Å². The Kier molecular flexibility index (Phi) is 5.57. The number of anilines is 1. The number of ether oxygens (including phenoxy) is 1. The van der Waals surface area contributed by atoms with Crippen LogP contribution in [-0.4, -0.2) is 36.7 Å². The van der Waals surface area contributed by atoms with Crippen molar-refractivity contribution in [3.05, 3.63) is 24.3 Å². The number of piperidine rings is 1. The van der Waals surface area contributed by atoms with Gasteiger partial charge in [0.2, 0.25) is 5.91 Å². The summed E-state index contributed by atoms with van der Waals surface area (Å²) in [6.45, 7) is 1.56. The number of carbonyl (C=O) groups is 2. The minimum absolute atomic E-state index is 0.00269. The molecule has 21 heavy (non-hydrogen) atoms. The molecule has 1 aliphatic rings. The molecular weight excluding hydrogens is 272 g/mol. The second kappa shape index (κ2) is 7.64. The number of hydrogen-bond donors (Lipinski definition) is 3. The largest absolute Gasteiger partial charge is 0.482 e. The summed E-state index contributed by atoms with van der Waals surface area (Å²) in [6.07, 6.45) is 2.72. The quantitative estimate of drug-likeness (QED) is 0.739. The summed E-state index contributed by atoms with van der Waals surface area (Å²) < 4.78 is 5.03. The highest BCUT2D eigenvalue weighted by Gasteiger charge is 2.16. The molecule has 1 unspecified atom stereocenters. The molecular formula is C15H20N2O4. The van der Waals surface area contributed by atoms with Crippen molar-refractivity contribution >= 4 is 17.6 Å². The summed E-state index contributed by atoms with van der Waals surface area (Å²) in [7, 11) is 0. The predicted octanol–water partition coefficient (Wildman–Crippen LogP) is 1.48. The van der Waals surface area contributed by atoms with Crippen molar-refractivity contribution in [3.63, 3.8) is 0 Å². The molecule has 1 atom stereocenters. The average Bonchev–Trinajstić information content (AvgIpc) is 2.47. The Morgan fingerprint density at radius 3 is 2.71 bits per heavy atom. The number of rotatable bonds is 6. The van der Waals surface area contributed by atoms with Gasteiger partial charge in [0, 0.05) is 12.1 Å². The normalized spacial score (nSPS) is 18.0. The lowest BCUT2D eigenvalue weighted by Crippen LogP contribution is -2.32. The molecule has 0 aliphatic carbocycles. The zero-order chi connectivity index (χ0) is 15.1. The third kappa shape index (κ3) is 5.43. The van der Waals surface area contributed by atoms with Crippen molar-refractivity contribution in [2.75, 3.05) is 25.0 Å². The smallest absolute Gasteiger partial charge is 0.341 e. The minimum atomic E-state index is -1.02. The number of nitrogens with one attached hydrogen (secondary N) is 2. The van der Waals surface area contributed by atoms with Crippen LogP contribution in [0.25, 0.3) is 0 Å². The monoisotopic (exact) mass is 292 g/mol. The van der Waals surface area contributed by atoms with E-state index in [0.717, 1.165) is 25.9 Å². The second-order valence-electron chi connectivity index (χ2n) is 5.17. The van der Waals surface area contributed by atoms with E-state index < -0.39 is 5.97 Å². The van der Waals surface area contributed by atoms with E-state index in [4.69, 9.17) is 9.84 Å². The number of benzene rings is 1. The zero-order valence-electron chi connectivity index (χ0n) is 11.8. The Hall–Kier alpha value is -2.08. The maximum atomic E-state index is 11.9. The number of carboxylic acid groups (broad SMARTS) is 1. The predicted molar refractivity (Wildman–Crippen MR) is 78.4 cm³/mol. The van der Waals surface area contributed by atoms with E-state index >= 15 is 0 Å². The lowest BCUT2D eigenvalue weighted by molar-refractivity contribution is -0.139. The van der Waals surface area contributed by atoms with Gasteiger partial charge in [-0.2, -0.15) is 0 Å². The van der Waals surface area contributed by atoms with E-state index in [1.54, 1.807) is 24.3 Å². The summed E-state index contributed by atoms with van der Waals surface area (Å²) in [6, 6.07) is 6.68. The molecule has 1 amide bonds. The molecule has 1 fully saturated rings. The molecule has 0 spiro atoms. The first kappa shape index (κ1) is 15.3. The number of aliphatic carboxylic acids is 1. The third-order valence-corrected chi connectivity index (χ3v) is 3.37. The van der Waals surface area contributed by atoms with E-state index in [1.165, 1.54) is 0 Å². The molecule has 114 valence electrons. The van der Waals surface area contributed by atoms with Crippen LogP contribution in [0.3, 0.4) is 0 Å². The van der Waals surface area contributed by atoms with Crippen LogP contribution in [0.15, 0.2) is 24.3 Å². The molecule has 0 saturated carbocycles. The molecule has 1 aliphatic heterocycles. The van der Waals surface area contributed by atoms with Gasteiger partial charge in [-0.05, 0) is 56.1 Å². The highest BCUT2D eigenvalue weighted by Crippen LogP contribution is 2.18. The first-order chi connectivity index (χ1) is 10.1. The van der Waals surface area contributed by atoms with Crippen LogP contribution in [0.2, 0.25) is 0 Å². The Balaban J connectivity index is 1.79. The molecule has 1 heterocycles. The van der Waals surface area contributed by atoms with Crippen LogP contribution in [0.4, 0.5) is 5.69 Å². The summed E-state index contributed by atoms with van der Waals surface area (Å²) >= 11 is 0. The standard InChI is InChI=1S/C15H20N2O4/c18-14(8-11-2-1-7-16-9-11)17-12-3-5-13(6-4-12)21-10-15(19)20/h3-6,11,16H,1-2,7-10H2,(H,17,18)(H,19,20). The van der Waals surface area contributed by atoms with E-state index in [0.29, 0.717) is 23.8 Å². The van der Waals surface area contributed by atoms with Gasteiger partial charge in [0.15, 0.2) is 6.61 Å². The van der Waals surface area contributed by atoms with E-state index in [9.17, 15) is 9.59 Å². The SMILES string of the molecule is O=C(O)COc1ccc(NC(=O)CC2CCCNC2)cc1. The average molecular weight is 292 g/mol. The van der Waals surface area contributed by atoms with Gasteiger partial charge in [-0.25, -0.2) is 4.79 Å². The molecule has 1 aromatic carbocycles. The van der Waals surface area contributed by atoms with E-state index in [1.807, 2.05) is 0 Å². The number of hydrogen-bond acceptors (Lipinski definition) is 4. The van der Waals surface area contributed by atoms with Crippen molar-refractivity contribution in [1.29, 1.82) is 0 Å².